The molecule has 0 bridgehead atoms. The molecule has 0 radical (unpaired) electrons. The first-order chi connectivity index (χ1) is 9.25. The highest BCUT2D eigenvalue weighted by Crippen LogP contribution is 2.42. The molecule has 0 aromatic carbocycles. The van der Waals surface area contributed by atoms with Gasteiger partial charge in [-0.2, -0.15) is 0 Å². The average Bonchev–Trinajstić information content (AvgIpc) is 2.86. The van der Waals surface area contributed by atoms with Gasteiger partial charge in [0.15, 0.2) is 0 Å². The first-order valence-electron chi connectivity index (χ1n) is 7.15. The lowest BCUT2D eigenvalue weighted by Gasteiger charge is -2.35. The maximum atomic E-state index is 10.1. The molecule has 1 N–H and O–H groups in total. The van der Waals surface area contributed by atoms with Gasteiger partial charge in [0.1, 0.15) is 10.6 Å². The Hall–Kier alpha value is -0.490. The predicted molar refractivity (Wildman–Crippen MR) is 73.4 cm³/mol. The Kier molecular flexibility index (Phi) is 3.89. The lowest BCUT2D eigenvalue weighted by molar-refractivity contribution is -0.113. The molecule has 1 aromatic heterocycles. The van der Waals surface area contributed by atoms with E-state index in [2.05, 4.69) is 0 Å². The second-order valence-electron chi connectivity index (χ2n) is 5.28. The number of thiazole rings is 1. The summed E-state index contributed by atoms with van der Waals surface area (Å²) in [7, 11) is 0. The number of nitrogens with zero attached hydrogens (tertiary/aromatic N) is 1. The first-order valence-corrected chi connectivity index (χ1v) is 7.96. The Bertz CT molecular complexity index is 434. The molecule has 1 aliphatic carbocycles. The molecule has 0 saturated carbocycles. The van der Waals surface area contributed by atoms with Crippen LogP contribution >= 0.6 is 11.3 Å². The van der Waals surface area contributed by atoms with E-state index in [9.17, 15) is 5.11 Å². The van der Waals surface area contributed by atoms with Crippen molar-refractivity contribution in [3.8, 4) is 0 Å². The average molecular weight is 283 g/mol. The second-order valence-corrected chi connectivity index (χ2v) is 6.36. The number of ether oxygens (including phenoxy) is 2. The number of rotatable bonds is 3. The van der Waals surface area contributed by atoms with Gasteiger partial charge in [-0.3, -0.25) is 0 Å². The van der Waals surface area contributed by atoms with E-state index in [1.807, 2.05) is 6.92 Å². The van der Waals surface area contributed by atoms with Crippen LogP contribution in [0, 0.1) is 0 Å². The summed E-state index contributed by atoms with van der Waals surface area (Å²) >= 11 is 1.73. The minimum Gasteiger partial charge on any atom is -0.387 e. The van der Waals surface area contributed by atoms with Crippen LogP contribution in [0.15, 0.2) is 0 Å². The third-order valence-corrected chi connectivity index (χ3v) is 5.35. The Morgan fingerprint density at radius 1 is 1.47 bits per heavy atom. The first kappa shape index (κ1) is 13.5. The summed E-state index contributed by atoms with van der Waals surface area (Å²) in [4.78, 5) is 5.98. The van der Waals surface area contributed by atoms with E-state index in [0.717, 1.165) is 56.0 Å². The fourth-order valence-electron chi connectivity index (χ4n) is 2.99. The van der Waals surface area contributed by atoms with E-state index < -0.39 is 0 Å². The molecule has 4 nitrogen and oxygen atoms in total. The molecule has 5 heteroatoms. The third-order valence-electron chi connectivity index (χ3n) is 4.04. The Labute approximate surface area is 117 Å². The minimum atomic E-state index is -0.382. The normalized spacial score (nSPS) is 26.1. The standard InChI is InChI=1S/C14H21NO3S/c1-2-18-14(6-8-17-9-7-14)13-15-12-10(16)4-3-5-11(12)19-13/h10,16H,2-9H2,1H3. The molecule has 2 aliphatic rings. The number of aryl methyl sites for hydroxylation is 1. The van der Waals surface area contributed by atoms with Gasteiger partial charge in [-0.05, 0) is 26.2 Å². The van der Waals surface area contributed by atoms with Crippen molar-refractivity contribution in [2.45, 2.75) is 50.7 Å². The SMILES string of the molecule is CCOC1(c2nc3c(s2)CCCC3O)CCOCC1. The fraction of sp³-hybridized carbons (Fsp3) is 0.786. The summed E-state index contributed by atoms with van der Waals surface area (Å²) in [5.74, 6) is 0. The molecule has 1 saturated heterocycles. The van der Waals surface area contributed by atoms with Crippen molar-refractivity contribution < 1.29 is 14.6 Å². The summed E-state index contributed by atoms with van der Waals surface area (Å²) < 4.78 is 11.5. The van der Waals surface area contributed by atoms with Crippen LogP contribution in [-0.4, -0.2) is 29.9 Å². The van der Waals surface area contributed by atoms with Gasteiger partial charge in [-0.25, -0.2) is 4.98 Å². The molecule has 1 aliphatic heterocycles. The van der Waals surface area contributed by atoms with Crippen LogP contribution in [0.5, 0.6) is 0 Å². The van der Waals surface area contributed by atoms with Gasteiger partial charge in [0, 0.05) is 37.5 Å². The Morgan fingerprint density at radius 2 is 2.26 bits per heavy atom. The van der Waals surface area contributed by atoms with E-state index in [1.165, 1.54) is 4.88 Å². The predicted octanol–water partition coefficient (Wildman–Crippen LogP) is 2.56. The number of fused-ring (bicyclic) bond motifs is 1. The van der Waals surface area contributed by atoms with Crippen LogP contribution < -0.4 is 0 Å². The zero-order valence-electron chi connectivity index (χ0n) is 11.4. The molecular weight excluding hydrogens is 262 g/mol. The number of hydrogen-bond acceptors (Lipinski definition) is 5. The van der Waals surface area contributed by atoms with Gasteiger partial charge in [0.2, 0.25) is 0 Å². The number of hydrogen-bond donors (Lipinski definition) is 1. The monoisotopic (exact) mass is 283 g/mol. The van der Waals surface area contributed by atoms with Crippen molar-refractivity contribution in [3.05, 3.63) is 15.6 Å². The highest BCUT2D eigenvalue weighted by atomic mass is 32.1. The van der Waals surface area contributed by atoms with Crippen LogP contribution in [0.2, 0.25) is 0 Å². The Morgan fingerprint density at radius 3 is 2.95 bits per heavy atom. The smallest absolute Gasteiger partial charge is 0.125 e. The second kappa shape index (κ2) is 5.48. The van der Waals surface area contributed by atoms with Crippen molar-refractivity contribution in [2.75, 3.05) is 19.8 Å². The van der Waals surface area contributed by atoms with Crippen molar-refractivity contribution in [1.82, 2.24) is 4.98 Å². The third kappa shape index (κ3) is 2.44. The van der Waals surface area contributed by atoms with Gasteiger partial charge in [0.25, 0.3) is 0 Å². The van der Waals surface area contributed by atoms with Crippen LogP contribution in [0.3, 0.4) is 0 Å². The van der Waals surface area contributed by atoms with Crippen molar-refractivity contribution in [2.24, 2.45) is 0 Å². The van der Waals surface area contributed by atoms with Crippen molar-refractivity contribution in [3.63, 3.8) is 0 Å². The van der Waals surface area contributed by atoms with E-state index in [-0.39, 0.29) is 11.7 Å². The summed E-state index contributed by atoms with van der Waals surface area (Å²) in [6.07, 6.45) is 4.28. The van der Waals surface area contributed by atoms with E-state index in [1.54, 1.807) is 11.3 Å². The molecular formula is C14H21NO3S. The summed E-state index contributed by atoms with van der Waals surface area (Å²) in [6, 6.07) is 0. The van der Waals surface area contributed by atoms with Gasteiger partial charge < -0.3 is 14.6 Å². The largest absolute Gasteiger partial charge is 0.387 e. The lowest BCUT2D eigenvalue weighted by Crippen LogP contribution is -2.36. The number of aliphatic hydroxyl groups excluding tert-OH is 1. The zero-order valence-corrected chi connectivity index (χ0v) is 12.2. The maximum absolute atomic E-state index is 10.1. The molecule has 1 fully saturated rings. The van der Waals surface area contributed by atoms with Gasteiger partial charge in [-0.15, -0.1) is 11.3 Å². The molecule has 19 heavy (non-hydrogen) atoms. The summed E-state index contributed by atoms with van der Waals surface area (Å²) in [5, 5.41) is 11.1. The molecule has 3 rings (SSSR count). The molecule has 1 aromatic rings. The Balaban J connectivity index is 1.94. The topological polar surface area (TPSA) is 51.6 Å². The maximum Gasteiger partial charge on any atom is 0.125 e. The van der Waals surface area contributed by atoms with E-state index in [4.69, 9.17) is 14.5 Å². The molecule has 106 valence electrons. The molecule has 0 spiro atoms. The van der Waals surface area contributed by atoms with Gasteiger partial charge >= 0.3 is 0 Å². The van der Waals surface area contributed by atoms with Crippen molar-refractivity contribution in [1.29, 1.82) is 0 Å². The molecule has 2 heterocycles. The lowest BCUT2D eigenvalue weighted by atomic mass is 9.94. The van der Waals surface area contributed by atoms with Crippen molar-refractivity contribution >= 4 is 11.3 Å². The highest BCUT2D eigenvalue weighted by molar-refractivity contribution is 7.11. The van der Waals surface area contributed by atoms with Crippen LogP contribution in [0.1, 0.15) is 54.3 Å². The minimum absolute atomic E-state index is 0.283. The summed E-state index contributed by atoms with van der Waals surface area (Å²) in [5.41, 5.74) is 0.617. The summed E-state index contributed by atoms with van der Waals surface area (Å²) in [6.45, 7) is 4.17. The highest BCUT2D eigenvalue weighted by Gasteiger charge is 2.39. The van der Waals surface area contributed by atoms with Crippen LogP contribution in [0.25, 0.3) is 0 Å². The fourth-order valence-corrected chi connectivity index (χ4v) is 4.35. The molecule has 1 unspecified atom stereocenters. The molecule has 0 amide bonds. The quantitative estimate of drug-likeness (QED) is 0.926. The van der Waals surface area contributed by atoms with E-state index in [0.29, 0.717) is 6.61 Å². The zero-order chi connectivity index (χ0) is 13.3. The number of aromatic nitrogens is 1. The van der Waals surface area contributed by atoms with Gasteiger partial charge in [-0.1, -0.05) is 0 Å². The molecule has 1 atom stereocenters. The van der Waals surface area contributed by atoms with E-state index >= 15 is 0 Å². The van der Waals surface area contributed by atoms with Crippen LogP contribution in [0.4, 0.5) is 0 Å². The van der Waals surface area contributed by atoms with Crippen LogP contribution in [-0.2, 0) is 21.5 Å². The van der Waals surface area contributed by atoms with Gasteiger partial charge in [0.05, 0.1) is 11.8 Å². The number of aliphatic hydroxyl groups is 1.